The molecule has 3 aliphatic carbocycles. The standard InChI is InChI=1S/C29H34O10/c1-13(2)27-21(35-16(5)31)15(4)28-18-11-14(3)20(32)26(18,34)24(33)25(12-30)22(36-25)19(28)23(27)37-29(38-27,39-28)17-9-7-6-8-10-17/h6-10,14-15,18-19,21-24,30,33-34H,1,11-12H2,2-5H3/t14-,15+,18+,19+,21+,22-,23+,24+,25-,26+,27-,28-,29+/m0/s1. The Bertz CT molecular complexity index is 1280. The second-order valence-corrected chi connectivity index (χ2v) is 12.4. The number of aliphatic hydroxyl groups excluding tert-OH is 2. The first-order valence-electron chi connectivity index (χ1n) is 13.6. The fourth-order valence-corrected chi connectivity index (χ4v) is 8.94. The zero-order valence-electron chi connectivity index (χ0n) is 22.3. The number of carbonyl (C=O) groups excluding carboxylic acids is 2. The lowest BCUT2D eigenvalue weighted by Gasteiger charge is -2.61. The number of aliphatic hydroxyl groups is 3. The van der Waals surface area contributed by atoms with Crippen LogP contribution in [0.3, 0.4) is 0 Å². The molecule has 1 aromatic rings. The fraction of sp³-hybridized carbons (Fsp3) is 0.655. The van der Waals surface area contributed by atoms with Gasteiger partial charge >= 0.3 is 11.9 Å². The third-order valence-corrected chi connectivity index (χ3v) is 10.6. The van der Waals surface area contributed by atoms with Crippen LogP contribution in [-0.4, -0.2) is 80.5 Å². The third kappa shape index (κ3) is 2.63. The van der Waals surface area contributed by atoms with Crippen LogP contribution in [0, 0.1) is 23.7 Å². The minimum atomic E-state index is -2.29. The van der Waals surface area contributed by atoms with E-state index in [9.17, 15) is 24.9 Å². The number of carbonyl (C=O) groups is 2. The van der Waals surface area contributed by atoms with E-state index in [1.807, 2.05) is 25.1 Å². The van der Waals surface area contributed by atoms with Gasteiger partial charge in [-0.1, -0.05) is 50.8 Å². The van der Waals surface area contributed by atoms with E-state index in [4.69, 9.17) is 23.7 Å². The lowest BCUT2D eigenvalue weighted by Crippen LogP contribution is -2.76. The minimum absolute atomic E-state index is 0.200. The van der Waals surface area contributed by atoms with Crippen LogP contribution in [-0.2, 0) is 39.2 Å². The lowest BCUT2D eigenvalue weighted by atomic mass is 9.52. The first kappa shape index (κ1) is 25.8. The highest BCUT2D eigenvalue weighted by Crippen LogP contribution is 2.74. The number of esters is 1. The second-order valence-electron chi connectivity index (χ2n) is 12.4. The Kier molecular flexibility index (Phi) is 4.99. The normalized spacial score (nSPS) is 54.4. The summed E-state index contributed by atoms with van der Waals surface area (Å²) >= 11 is 0. The number of benzene rings is 1. The van der Waals surface area contributed by atoms with Crippen LogP contribution in [0.25, 0.3) is 0 Å². The zero-order chi connectivity index (χ0) is 27.9. The molecule has 3 aliphatic heterocycles. The Balaban J connectivity index is 1.55. The summed E-state index contributed by atoms with van der Waals surface area (Å²) in [7, 11) is 0. The molecular weight excluding hydrogens is 508 g/mol. The predicted octanol–water partition coefficient (Wildman–Crippen LogP) is 0.954. The van der Waals surface area contributed by atoms with Crippen molar-refractivity contribution in [3.8, 4) is 0 Å². The molecule has 13 atom stereocenters. The Morgan fingerprint density at radius 1 is 1.13 bits per heavy atom. The molecule has 3 N–H and O–H groups in total. The van der Waals surface area contributed by atoms with Gasteiger partial charge in [0.05, 0.1) is 12.2 Å². The van der Waals surface area contributed by atoms with Gasteiger partial charge in [-0.2, -0.15) is 0 Å². The van der Waals surface area contributed by atoms with Crippen LogP contribution in [0.5, 0.6) is 0 Å². The smallest absolute Gasteiger partial charge is 0.314 e. The number of ketones is 1. The van der Waals surface area contributed by atoms with Crippen molar-refractivity contribution in [2.24, 2.45) is 23.7 Å². The van der Waals surface area contributed by atoms with Crippen molar-refractivity contribution < 1.29 is 48.6 Å². The Morgan fingerprint density at radius 2 is 1.82 bits per heavy atom. The molecule has 1 aromatic carbocycles. The van der Waals surface area contributed by atoms with Crippen molar-refractivity contribution in [3.63, 3.8) is 0 Å². The molecule has 3 heterocycles. The van der Waals surface area contributed by atoms with Crippen molar-refractivity contribution in [1.82, 2.24) is 0 Å². The molecule has 3 saturated carbocycles. The fourth-order valence-electron chi connectivity index (χ4n) is 8.94. The molecule has 0 radical (unpaired) electrons. The van der Waals surface area contributed by atoms with Gasteiger partial charge in [-0.3, -0.25) is 9.59 Å². The molecule has 0 aromatic heterocycles. The van der Waals surface area contributed by atoms with E-state index in [2.05, 4.69) is 6.58 Å². The van der Waals surface area contributed by atoms with E-state index in [1.165, 1.54) is 6.92 Å². The lowest BCUT2D eigenvalue weighted by molar-refractivity contribution is -0.443. The number of rotatable bonds is 4. The Morgan fingerprint density at radius 3 is 2.44 bits per heavy atom. The minimum Gasteiger partial charge on any atom is -0.459 e. The van der Waals surface area contributed by atoms with Gasteiger partial charge in [0.1, 0.15) is 30.0 Å². The molecule has 3 saturated heterocycles. The van der Waals surface area contributed by atoms with Crippen molar-refractivity contribution in [1.29, 1.82) is 0 Å². The van der Waals surface area contributed by atoms with E-state index < -0.39 is 94.8 Å². The first-order chi connectivity index (χ1) is 18.4. The van der Waals surface area contributed by atoms with Crippen molar-refractivity contribution in [3.05, 3.63) is 48.0 Å². The molecule has 10 nitrogen and oxygen atoms in total. The molecular formula is C29H34O10. The predicted molar refractivity (Wildman–Crippen MR) is 132 cm³/mol. The van der Waals surface area contributed by atoms with Crippen LogP contribution in [0.15, 0.2) is 42.5 Å². The highest BCUT2D eigenvalue weighted by Gasteiger charge is 2.91. The zero-order valence-corrected chi connectivity index (χ0v) is 22.3. The molecule has 0 amide bonds. The number of hydrogen-bond donors (Lipinski definition) is 3. The van der Waals surface area contributed by atoms with Gasteiger partial charge in [-0.05, 0) is 18.9 Å². The van der Waals surface area contributed by atoms with Crippen LogP contribution in [0.1, 0.15) is 39.7 Å². The van der Waals surface area contributed by atoms with Crippen molar-refractivity contribution in [2.45, 2.75) is 86.9 Å². The van der Waals surface area contributed by atoms with Gasteiger partial charge < -0.3 is 39.0 Å². The topological polar surface area (TPSA) is 144 Å². The molecule has 210 valence electrons. The summed E-state index contributed by atoms with van der Waals surface area (Å²) in [5.74, 6) is -5.81. The van der Waals surface area contributed by atoms with Gasteiger partial charge in [0.15, 0.2) is 17.0 Å². The largest absolute Gasteiger partial charge is 0.459 e. The van der Waals surface area contributed by atoms with Crippen molar-refractivity contribution >= 4 is 11.8 Å². The monoisotopic (exact) mass is 542 g/mol. The molecule has 0 unspecified atom stereocenters. The molecule has 7 rings (SSSR count). The third-order valence-electron chi connectivity index (χ3n) is 10.6. The maximum absolute atomic E-state index is 13.7. The molecule has 0 spiro atoms. The molecule has 39 heavy (non-hydrogen) atoms. The maximum Gasteiger partial charge on any atom is 0.314 e. The average Bonchev–Trinajstić information content (AvgIpc) is 3.53. The Labute approximate surface area is 225 Å². The van der Waals surface area contributed by atoms with E-state index in [0.717, 1.165) is 0 Å². The van der Waals surface area contributed by atoms with E-state index in [0.29, 0.717) is 11.1 Å². The quantitative estimate of drug-likeness (QED) is 0.286. The van der Waals surface area contributed by atoms with Gasteiger partial charge in [0.25, 0.3) is 0 Å². The summed E-state index contributed by atoms with van der Waals surface area (Å²) in [5, 5.41) is 34.5. The van der Waals surface area contributed by atoms with Gasteiger partial charge in [-0.15, -0.1) is 0 Å². The number of epoxide rings is 1. The van der Waals surface area contributed by atoms with E-state index in [1.54, 1.807) is 26.0 Å². The van der Waals surface area contributed by atoms with E-state index >= 15 is 0 Å². The highest BCUT2D eigenvalue weighted by molar-refractivity contribution is 5.93. The highest BCUT2D eigenvalue weighted by atomic mass is 16.9. The van der Waals surface area contributed by atoms with Crippen LogP contribution in [0.2, 0.25) is 0 Å². The van der Waals surface area contributed by atoms with Crippen LogP contribution >= 0.6 is 0 Å². The molecule has 6 fully saturated rings. The second kappa shape index (κ2) is 7.55. The molecule has 6 aliphatic rings. The van der Waals surface area contributed by atoms with Gasteiger partial charge in [0, 0.05) is 36.2 Å². The van der Waals surface area contributed by atoms with Crippen LogP contribution in [0.4, 0.5) is 0 Å². The van der Waals surface area contributed by atoms with Gasteiger partial charge in [-0.25, -0.2) is 0 Å². The summed E-state index contributed by atoms with van der Waals surface area (Å²) in [6, 6.07) is 9.06. The summed E-state index contributed by atoms with van der Waals surface area (Å²) in [6.07, 6.45) is -4.18. The maximum atomic E-state index is 13.7. The summed E-state index contributed by atoms with van der Waals surface area (Å²) in [4.78, 5) is 26.2. The van der Waals surface area contributed by atoms with Crippen molar-refractivity contribution in [2.75, 3.05) is 6.61 Å². The number of Topliss-reactive ketones (excluding diaryl/α,β-unsaturated/α-hetero) is 1. The van der Waals surface area contributed by atoms with Gasteiger partial charge in [0.2, 0.25) is 0 Å². The summed E-state index contributed by atoms with van der Waals surface area (Å²) in [5.41, 5.74) is -5.63. The number of hydrogen-bond acceptors (Lipinski definition) is 10. The number of fused-ring (bicyclic) bond motifs is 3. The van der Waals surface area contributed by atoms with Crippen LogP contribution < -0.4 is 0 Å². The summed E-state index contributed by atoms with van der Waals surface area (Å²) < 4.78 is 32.7. The molecule has 3 bridgehead atoms. The number of ether oxygens (including phenoxy) is 5. The first-order valence-corrected chi connectivity index (χ1v) is 13.6. The average molecular weight is 543 g/mol. The SMILES string of the molecule is C=C(C)[C@@]12O[C@@]3(c4ccccc4)O[C@@H]1[C@H]1[C@@H]4O[C@]4(CO)[C@@H](O)[C@]4(O)C(=O)[C@@H](C)C[C@H]4[C@@]1(O3)[C@H](C)[C@H]2OC(C)=O. The summed E-state index contributed by atoms with van der Waals surface area (Å²) in [6.45, 7) is 10.2. The van der Waals surface area contributed by atoms with E-state index in [-0.39, 0.29) is 6.42 Å². The molecule has 10 heteroatoms. The Hall–Kier alpha value is -2.18.